The lowest BCUT2D eigenvalue weighted by atomic mass is 9.97. The molecule has 0 aliphatic carbocycles. The number of aliphatic carboxylic acids is 1. The van der Waals surface area contributed by atoms with Crippen LogP contribution in [0.2, 0.25) is 0 Å². The molecule has 0 radical (unpaired) electrons. The number of aryl methyl sites for hydroxylation is 1. The fourth-order valence-corrected chi connectivity index (χ4v) is 6.84. The van der Waals surface area contributed by atoms with Gasteiger partial charge in [-0.25, -0.2) is 13.2 Å². The summed E-state index contributed by atoms with van der Waals surface area (Å²) in [4.78, 5) is 37.4. The first-order valence-electron chi connectivity index (χ1n) is 13.5. The van der Waals surface area contributed by atoms with Crippen molar-refractivity contribution < 1.29 is 33.0 Å². The van der Waals surface area contributed by atoms with Crippen LogP contribution in [0.15, 0.2) is 53.4 Å². The van der Waals surface area contributed by atoms with Crippen LogP contribution in [0.4, 0.5) is 5.69 Å². The van der Waals surface area contributed by atoms with Crippen LogP contribution in [0.25, 0.3) is 0 Å². The quantitative estimate of drug-likeness (QED) is 0.284. The fraction of sp³-hybridized carbons (Fsp3) is 0.464. The molecule has 2 amide bonds. The Bertz CT molecular complexity index is 1310. The number of aliphatic hydroxyl groups excluding tert-OH is 1. The molecular formula is C28H36N4O7S. The number of piperidine rings is 1. The third-order valence-electron chi connectivity index (χ3n) is 7.49. The number of carboxylic acid groups (broad SMARTS) is 1. The summed E-state index contributed by atoms with van der Waals surface area (Å²) in [6.07, 6.45) is 0.465. The summed E-state index contributed by atoms with van der Waals surface area (Å²) < 4.78 is 27.5. The first-order valence-corrected chi connectivity index (χ1v) is 14.9. The number of nitrogens with zero attached hydrogens (tertiary/aromatic N) is 1. The molecule has 2 aliphatic rings. The number of carboxylic acids is 1. The zero-order chi connectivity index (χ0) is 28.9. The van der Waals surface area contributed by atoms with Crippen molar-refractivity contribution in [3.8, 4) is 0 Å². The van der Waals surface area contributed by atoms with Gasteiger partial charge in [-0.15, -0.1) is 0 Å². The Balaban J connectivity index is 1.37. The maximum Gasteiger partial charge on any atom is 0.326 e. The standard InChI is InChI=1S/C28H36N4O7S/c1-18-4-10-22(11-5-18)40(38,39)32-16-2-3-24(32)25(33)27(35)31-23(28(36)37)17-19-6-8-21(9-7-19)30-26(34)20-12-14-29-15-13-20/h4-11,20,23-25,29,33H,2-3,12-17H2,1H3,(H,30,34)(H,31,35)(H,36,37)/t23-,24?,25?/m0/s1. The maximum absolute atomic E-state index is 13.2. The summed E-state index contributed by atoms with van der Waals surface area (Å²) in [5.41, 5.74) is 2.09. The number of amides is 2. The largest absolute Gasteiger partial charge is 0.480 e. The predicted molar refractivity (Wildman–Crippen MR) is 148 cm³/mol. The lowest BCUT2D eigenvalue weighted by Crippen LogP contribution is -2.53. The van der Waals surface area contributed by atoms with E-state index in [1.165, 1.54) is 12.1 Å². The molecule has 216 valence electrons. The Kier molecular flexibility index (Phi) is 9.56. The number of rotatable bonds is 10. The Morgan fingerprint density at radius 3 is 2.30 bits per heavy atom. The summed E-state index contributed by atoms with van der Waals surface area (Å²) in [7, 11) is -3.95. The summed E-state index contributed by atoms with van der Waals surface area (Å²) >= 11 is 0. The lowest BCUT2D eigenvalue weighted by Gasteiger charge is -2.28. The van der Waals surface area contributed by atoms with E-state index in [4.69, 9.17) is 0 Å². The van der Waals surface area contributed by atoms with Gasteiger partial charge in [0.15, 0.2) is 0 Å². The molecule has 2 heterocycles. The molecule has 3 atom stereocenters. The molecule has 5 N–H and O–H groups in total. The molecule has 2 saturated heterocycles. The van der Waals surface area contributed by atoms with E-state index < -0.39 is 40.1 Å². The van der Waals surface area contributed by atoms with Gasteiger partial charge in [0.1, 0.15) is 12.1 Å². The molecule has 2 aromatic rings. The number of aliphatic hydroxyl groups is 1. The van der Waals surface area contributed by atoms with Crippen molar-refractivity contribution >= 4 is 33.5 Å². The SMILES string of the molecule is Cc1ccc(S(=O)(=O)N2CCCC2C(O)C(=O)N[C@@H](Cc2ccc(NC(=O)C3CCNCC3)cc2)C(=O)O)cc1. The number of carbonyl (C=O) groups excluding carboxylic acids is 2. The van der Waals surface area contributed by atoms with Gasteiger partial charge in [0, 0.05) is 24.6 Å². The van der Waals surface area contributed by atoms with Crippen molar-refractivity contribution in [2.75, 3.05) is 25.0 Å². The second-order valence-electron chi connectivity index (χ2n) is 10.4. The number of sulfonamides is 1. The van der Waals surface area contributed by atoms with Gasteiger partial charge in [-0.3, -0.25) is 9.59 Å². The van der Waals surface area contributed by atoms with Gasteiger partial charge >= 0.3 is 5.97 Å². The van der Waals surface area contributed by atoms with Gasteiger partial charge < -0.3 is 26.2 Å². The van der Waals surface area contributed by atoms with Crippen LogP contribution in [-0.4, -0.2) is 78.5 Å². The number of benzene rings is 2. The fourth-order valence-electron chi connectivity index (χ4n) is 5.15. The minimum absolute atomic E-state index is 0.0516. The maximum atomic E-state index is 13.2. The van der Waals surface area contributed by atoms with E-state index in [1.807, 2.05) is 6.92 Å². The predicted octanol–water partition coefficient (Wildman–Crippen LogP) is 1.26. The minimum atomic E-state index is -3.95. The van der Waals surface area contributed by atoms with E-state index in [0.717, 1.165) is 35.8 Å². The van der Waals surface area contributed by atoms with E-state index in [-0.39, 0.29) is 36.1 Å². The van der Waals surface area contributed by atoms with Gasteiger partial charge in [-0.1, -0.05) is 29.8 Å². The molecule has 0 aromatic heterocycles. The van der Waals surface area contributed by atoms with Crippen LogP contribution >= 0.6 is 0 Å². The third kappa shape index (κ3) is 7.05. The summed E-state index contributed by atoms with van der Waals surface area (Å²) in [6.45, 7) is 3.59. The van der Waals surface area contributed by atoms with E-state index in [2.05, 4.69) is 16.0 Å². The van der Waals surface area contributed by atoms with Crippen LogP contribution in [0, 0.1) is 12.8 Å². The smallest absolute Gasteiger partial charge is 0.326 e. The zero-order valence-electron chi connectivity index (χ0n) is 22.4. The summed E-state index contributed by atoms with van der Waals surface area (Å²) in [6, 6.07) is 10.7. The van der Waals surface area contributed by atoms with Crippen molar-refractivity contribution in [3.05, 3.63) is 59.7 Å². The minimum Gasteiger partial charge on any atom is -0.480 e. The summed E-state index contributed by atoms with van der Waals surface area (Å²) in [5, 5.41) is 29.0. The molecule has 2 aromatic carbocycles. The van der Waals surface area contributed by atoms with Crippen molar-refractivity contribution in [2.45, 2.75) is 62.1 Å². The van der Waals surface area contributed by atoms with Gasteiger partial charge in [0.2, 0.25) is 15.9 Å². The number of anilines is 1. The molecule has 12 heteroatoms. The average molecular weight is 573 g/mol. The van der Waals surface area contributed by atoms with Crippen LogP contribution < -0.4 is 16.0 Å². The van der Waals surface area contributed by atoms with Gasteiger partial charge in [0.25, 0.3) is 5.91 Å². The average Bonchev–Trinajstić information content (AvgIpc) is 3.45. The Morgan fingerprint density at radius 1 is 1.02 bits per heavy atom. The van der Waals surface area contributed by atoms with E-state index in [9.17, 15) is 33.0 Å². The van der Waals surface area contributed by atoms with Crippen molar-refractivity contribution in [2.24, 2.45) is 5.92 Å². The Labute approximate surface area is 234 Å². The molecule has 2 aliphatic heterocycles. The van der Waals surface area contributed by atoms with Gasteiger partial charge in [-0.2, -0.15) is 4.31 Å². The van der Waals surface area contributed by atoms with Crippen LogP contribution in [0.1, 0.15) is 36.8 Å². The van der Waals surface area contributed by atoms with E-state index in [0.29, 0.717) is 17.7 Å². The molecule has 11 nitrogen and oxygen atoms in total. The van der Waals surface area contributed by atoms with Gasteiger partial charge in [-0.05, 0) is 75.5 Å². The number of hydrogen-bond donors (Lipinski definition) is 5. The molecule has 2 fully saturated rings. The van der Waals surface area contributed by atoms with Crippen LogP contribution in [0.3, 0.4) is 0 Å². The topological polar surface area (TPSA) is 165 Å². The second kappa shape index (κ2) is 12.9. The van der Waals surface area contributed by atoms with Crippen molar-refractivity contribution in [1.29, 1.82) is 0 Å². The highest BCUT2D eigenvalue weighted by Crippen LogP contribution is 2.28. The highest BCUT2D eigenvalue weighted by Gasteiger charge is 2.42. The van der Waals surface area contributed by atoms with E-state index >= 15 is 0 Å². The monoisotopic (exact) mass is 572 g/mol. The Morgan fingerprint density at radius 2 is 1.68 bits per heavy atom. The highest BCUT2D eigenvalue weighted by molar-refractivity contribution is 7.89. The molecule has 4 rings (SSSR count). The highest BCUT2D eigenvalue weighted by atomic mass is 32.2. The second-order valence-corrected chi connectivity index (χ2v) is 12.3. The normalized spacial score (nSPS) is 20.0. The molecule has 0 saturated carbocycles. The number of carbonyl (C=O) groups is 3. The molecule has 0 bridgehead atoms. The third-order valence-corrected chi connectivity index (χ3v) is 9.43. The lowest BCUT2D eigenvalue weighted by molar-refractivity contribution is -0.144. The summed E-state index contributed by atoms with van der Waals surface area (Å²) in [5.74, 6) is -2.35. The number of nitrogens with one attached hydrogen (secondary N) is 3. The van der Waals surface area contributed by atoms with Crippen molar-refractivity contribution in [3.63, 3.8) is 0 Å². The molecule has 40 heavy (non-hydrogen) atoms. The first-order chi connectivity index (χ1) is 19.1. The first kappa shape index (κ1) is 29.7. The number of hydrogen-bond acceptors (Lipinski definition) is 7. The van der Waals surface area contributed by atoms with Gasteiger partial charge in [0.05, 0.1) is 10.9 Å². The Hall–Kier alpha value is -3.32. The zero-order valence-corrected chi connectivity index (χ0v) is 23.2. The van der Waals surface area contributed by atoms with E-state index in [1.54, 1.807) is 36.4 Å². The molecular weight excluding hydrogens is 536 g/mol. The van der Waals surface area contributed by atoms with Crippen LogP contribution in [0.5, 0.6) is 0 Å². The van der Waals surface area contributed by atoms with Crippen molar-refractivity contribution in [1.82, 2.24) is 14.9 Å². The molecule has 2 unspecified atom stereocenters. The van der Waals surface area contributed by atoms with Crippen LogP contribution in [-0.2, 0) is 30.8 Å². The molecule has 0 spiro atoms.